The molecule has 8 heavy (non-hydrogen) atoms. The van der Waals surface area contributed by atoms with Crippen molar-refractivity contribution in [2.24, 2.45) is 0 Å². The molecule has 0 saturated heterocycles. The van der Waals surface area contributed by atoms with E-state index in [1.54, 1.807) is 0 Å². The molecule has 46 valence electrons. The van der Waals surface area contributed by atoms with Crippen molar-refractivity contribution in [3.05, 3.63) is 0 Å². The molecule has 0 saturated carbocycles. The van der Waals surface area contributed by atoms with Crippen LogP contribution in [-0.2, 0) is 9.59 Å². The van der Waals surface area contributed by atoms with Crippen molar-refractivity contribution in [3.8, 4) is 0 Å². The summed E-state index contributed by atoms with van der Waals surface area (Å²) in [6, 6.07) is 0. The molecule has 0 N–H and O–H groups in total. The highest BCUT2D eigenvalue weighted by Gasteiger charge is 2.15. The second kappa shape index (κ2) is 3.20. The quantitative estimate of drug-likeness (QED) is 0.379. The van der Waals surface area contributed by atoms with E-state index >= 15 is 0 Å². The first kappa shape index (κ1) is 8.11. The standard InChI is InChI=1S/C4H4BrClO2/c1-2(7)3(5)4(6)8/h3H,1H3. The molecule has 0 aliphatic heterocycles. The van der Waals surface area contributed by atoms with Gasteiger partial charge in [0.1, 0.15) is 4.83 Å². The van der Waals surface area contributed by atoms with Crippen molar-refractivity contribution in [3.63, 3.8) is 0 Å². The van der Waals surface area contributed by atoms with Crippen LogP contribution in [0.15, 0.2) is 0 Å². The zero-order valence-electron chi connectivity index (χ0n) is 4.15. The lowest BCUT2D eigenvalue weighted by atomic mass is 10.3. The molecular weight excluding hydrogens is 195 g/mol. The van der Waals surface area contributed by atoms with Gasteiger partial charge < -0.3 is 0 Å². The van der Waals surface area contributed by atoms with Crippen LogP contribution >= 0.6 is 27.5 Å². The van der Waals surface area contributed by atoms with Gasteiger partial charge in [0.05, 0.1) is 0 Å². The highest BCUT2D eigenvalue weighted by atomic mass is 79.9. The van der Waals surface area contributed by atoms with E-state index in [2.05, 4.69) is 15.9 Å². The molecule has 0 bridgehead atoms. The molecule has 0 aromatic carbocycles. The summed E-state index contributed by atoms with van der Waals surface area (Å²) in [5, 5.41) is -0.669. The van der Waals surface area contributed by atoms with Crippen LogP contribution in [0.1, 0.15) is 6.92 Å². The average molecular weight is 199 g/mol. The molecule has 1 atom stereocenters. The lowest BCUT2D eigenvalue weighted by molar-refractivity contribution is -0.121. The Labute approximate surface area is 60.3 Å². The normalized spacial score (nSPS) is 12.9. The van der Waals surface area contributed by atoms with Crippen molar-refractivity contribution < 1.29 is 9.59 Å². The maximum Gasteiger partial charge on any atom is 0.242 e. The second-order valence-corrected chi connectivity index (χ2v) is 2.57. The number of halogens is 2. The van der Waals surface area contributed by atoms with Gasteiger partial charge in [-0.15, -0.1) is 0 Å². The van der Waals surface area contributed by atoms with E-state index in [-0.39, 0.29) is 5.78 Å². The molecule has 1 unspecified atom stereocenters. The van der Waals surface area contributed by atoms with Gasteiger partial charge in [-0.25, -0.2) is 0 Å². The van der Waals surface area contributed by atoms with Crippen LogP contribution in [0, 0.1) is 0 Å². The van der Waals surface area contributed by atoms with E-state index < -0.39 is 10.1 Å². The number of Topliss-reactive ketones (excluding diaryl/α,β-unsaturated/α-hetero) is 1. The van der Waals surface area contributed by atoms with Crippen molar-refractivity contribution >= 4 is 38.6 Å². The maximum atomic E-state index is 10.2. The number of hydrogen-bond acceptors (Lipinski definition) is 2. The minimum atomic E-state index is -0.829. The smallest absolute Gasteiger partial charge is 0.242 e. The Morgan fingerprint density at radius 1 is 1.62 bits per heavy atom. The lowest BCUT2D eigenvalue weighted by Gasteiger charge is -1.93. The Hall–Kier alpha value is 0.110. The van der Waals surface area contributed by atoms with Gasteiger partial charge in [-0.1, -0.05) is 15.9 Å². The van der Waals surface area contributed by atoms with Crippen LogP contribution in [0.5, 0.6) is 0 Å². The van der Waals surface area contributed by atoms with Crippen LogP contribution in [0.25, 0.3) is 0 Å². The van der Waals surface area contributed by atoms with E-state index in [9.17, 15) is 9.59 Å². The predicted molar refractivity (Wildman–Crippen MR) is 34.3 cm³/mol. The number of alkyl halides is 1. The zero-order valence-corrected chi connectivity index (χ0v) is 6.49. The monoisotopic (exact) mass is 198 g/mol. The number of hydrogen-bond donors (Lipinski definition) is 0. The van der Waals surface area contributed by atoms with Gasteiger partial charge >= 0.3 is 0 Å². The van der Waals surface area contributed by atoms with Crippen molar-refractivity contribution in [1.29, 1.82) is 0 Å². The lowest BCUT2D eigenvalue weighted by Crippen LogP contribution is -2.16. The molecule has 0 aromatic rings. The fraction of sp³-hybridized carbons (Fsp3) is 0.500. The first-order chi connectivity index (χ1) is 3.55. The van der Waals surface area contributed by atoms with Crippen molar-refractivity contribution in [1.82, 2.24) is 0 Å². The third-order valence-corrected chi connectivity index (χ3v) is 2.10. The minimum absolute atomic E-state index is 0.273. The molecule has 4 heteroatoms. The fourth-order valence-corrected chi connectivity index (χ4v) is 0.313. The van der Waals surface area contributed by atoms with E-state index in [0.29, 0.717) is 0 Å². The number of carbonyl (C=O) groups excluding carboxylic acids is 2. The van der Waals surface area contributed by atoms with Crippen molar-refractivity contribution in [2.75, 3.05) is 0 Å². The summed E-state index contributed by atoms with van der Waals surface area (Å²) < 4.78 is 0. The Kier molecular flexibility index (Phi) is 3.24. The van der Waals surface area contributed by atoms with Crippen molar-refractivity contribution in [2.45, 2.75) is 11.8 Å². The van der Waals surface area contributed by atoms with Gasteiger partial charge in [0, 0.05) is 0 Å². The summed E-state index contributed by atoms with van der Waals surface area (Å²) in [6.45, 7) is 1.29. The second-order valence-electron chi connectivity index (χ2n) is 1.28. The summed E-state index contributed by atoms with van der Waals surface area (Å²) in [7, 11) is 0. The topological polar surface area (TPSA) is 34.1 Å². The van der Waals surface area contributed by atoms with Crippen LogP contribution < -0.4 is 0 Å². The first-order valence-corrected chi connectivity index (χ1v) is 3.19. The van der Waals surface area contributed by atoms with Crippen LogP contribution in [-0.4, -0.2) is 15.9 Å². The van der Waals surface area contributed by atoms with E-state index in [0.717, 1.165) is 0 Å². The molecule has 0 aliphatic rings. The van der Waals surface area contributed by atoms with Crippen LogP contribution in [0.3, 0.4) is 0 Å². The number of ketones is 1. The van der Waals surface area contributed by atoms with Gasteiger partial charge in [-0.05, 0) is 18.5 Å². The highest BCUT2D eigenvalue weighted by molar-refractivity contribution is 9.10. The molecule has 0 fully saturated rings. The molecule has 0 radical (unpaired) electrons. The first-order valence-electron chi connectivity index (χ1n) is 1.89. The van der Waals surface area contributed by atoms with Crippen LogP contribution in [0.4, 0.5) is 0 Å². The molecular formula is C4H4BrClO2. The largest absolute Gasteiger partial charge is 0.298 e. The third-order valence-electron chi connectivity index (χ3n) is 0.556. The molecule has 0 amide bonds. The average Bonchev–Trinajstić information content (AvgIpc) is 1.64. The molecule has 0 aliphatic carbocycles. The fourth-order valence-electron chi connectivity index (χ4n) is 0.160. The summed E-state index contributed by atoms with van der Waals surface area (Å²) in [6.07, 6.45) is 0. The Bertz CT molecular complexity index is 109. The van der Waals surface area contributed by atoms with Crippen LogP contribution in [0.2, 0.25) is 0 Å². The van der Waals surface area contributed by atoms with E-state index in [1.165, 1.54) is 6.92 Å². The summed E-state index contributed by atoms with van der Waals surface area (Å²) >= 11 is 7.69. The van der Waals surface area contributed by atoms with E-state index in [4.69, 9.17) is 11.6 Å². The maximum absolute atomic E-state index is 10.2. The Morgan fingerprint density at radius 2 is 2.00 bits per heavy atom. The third kappa shape index (κ3) is 2.43. The summed E-state index contributed by atoms with van der Waals surface area (Å²) in [5.74, 6) is -0.273. The summed E-state index contributed by atoms with van der Waals surface area (Å²) in [4.78, 5) is 19.5. The van der Waals surface area contributed by atoms with E-state index in [1.807, 2.05) is 0 Å². The molecule has 0 aromatic heterocycles. The summed E-state index contributed by atoms with van der Waals surface area (Å²) in [5.41, 5.74) is 0. The van der Waals surface area contributed by atoms with Gasteiger partial charge in [0.25, 0.3) is 0 Å². The zero-order chi connectivity index (χ0) is 6.73. The molecule has 0 rings (SSSR count). The minimum Gasteiger partial charge on any atom is -0.298 e. The molecule has 0 spiro atoms. The highest BCUT2D eigenvalue weighted by Crippen LogP contribution is 2.04. The van der Waals surface area contributed by atoms with Gasteiger partial charge in [-0.2, -0.15) is 0 Å². The van der Waals surface area contributed by atoms with Gasteiger partial charge in [0.15, 0.2) is 5.78 Å². The molecule has 0 heterocycles. The number of carbonyl (C=O) groups is 2. The van der Waals surface area contributed by atoms with Gasteiger partial charge in [-0.3, -0.25) is 9.59 Å². The Morgan fingerprint density at radius 3 is 2.00 bits per heavy atom. The SMILES string of the molecule is CC(=O)C(Br)C(=O)Cl. The van der Waals surface area contributed by atoms with Gasteiger partial charge in [0.2, 0.25) is 5.24 Å². The Balaban J connectivity index is 3.83. The number of rotatable bonds is 2. The molecule has 2 nitrogen and oxygen atoms in total. The predicted octanol–water partition coefficient (Wildman–Crippen LogP) is 1.10.